The second kappa shape index (κ2) is 8.55. The Kier molecular flexibility index (Phi) is 6.29. The van der Waals surface area contributed by atoms with E-state index >= 15 is 0 Å². The van der Waals surface area contributed by atoms with E-state index in [0.717, 1.165) is 17.7 Å². The highest BCUT2D eigenvalue weighted by molar-refractivity contribution is 5.73. The Morgan fingerprint density at radius 3 is 1.62 bits per heavy atom. The minimum absolute atomic E-state index is 0.278. The molecule has 0 aromatic heterocycles. The zero-order chi connectivity index (χ0) is 21.1. The van der Waals surface area contributed by atoms with Crippen molar-refractivity contribution in [3.63, 3.8) is 0 Å². The second-order valence-electron chi connectivity index (χ2n) is 7.55. The molecule has 2 aromatic rings. The molecule has 0 radical (unpaired) electrons. The number of rotatable bonds is 3. The minimum Gasteiger partial charge on any atom is -0.475 e. The molecule has 4 nitrogen and oxygen atoms in total. The number of alkyl halides is 3. The lowest BCUT2D eigenvalue weighted by Gasteiger charge is -2.51. The highest BCUT2D eigenvalue weighted by Crippen LogP contribution is 2.46. The zero-order valence-corrected chi connectivity index (χ0v) is 15.8. The lowest BCUT2D eigenvalue weighted by molar-refractivity contribution is -0.192. The molecule has 0 amide bonds. The van der Waals surface area contributed by atoms with Crippen LogP contribution in [-0.2, 0) is 10.4 Å². The molecule has 29 heavy (non-hydrogen) atoms. The Balaban J connectivity index is 0.000000298. The molecule has 5 rings (SSSR count). The molecule has 2 aromatic carbocycles. The summed E-state index contributed by atoms with van der Waals surface area (Å²) in [5.41, 5.74) is 1.17. The fraction of sp³-hybridized carbons (Fsp3) is 0.409. The number of aliphatic hydroxyl groups is 1. The molecule has 0 spiro atoms. The van der Waals surface area contributed by atoms with Gasteiger partial charge in [-0.1, -0.05) is 60.7 Å². The van der Waals surface area contributed by atoms with Crippen LogP contribution in [0.15, 0.2) is 60.7 Å². The Labute approximate surface area is 167 Å². The van der Waals surface area contributed by atoms with Crippen molar-refractivity contribution in [1.82, 2.24) is 4.90 Å². The molecule has 2 N–H and O–H groups in total. The summed E-state index contributed by atoms with van der Waals surface area (Å²) in [4.78, 5) is 11.4. The van der Waals surface area contributed by atoms with Gasteiger partial charge >= 0.3 is 12.1 Å². The summed E-state index contributed by atoms with van der Waals surface area (Å²) in [7, 11) is 0. The number of benzene rings is 2. The Morgan fingerprint density at radius 2 is 1.31 bits per heavy atom. The molecule has 3 saturated heterocycles. The first kappa shape index (κ1) is 21.3. The van der Waals surface area contributed by atoms with Crippen molar-refractivity contribution in [2.75, 3.05) is 19.6 Å². The number of carboxylic acids is 1. The summed E-state index contributed by atoms with van der Waals surface area (Å²) in [6.07, 6.45) is -2.65. The van der Waals surface area contributed by atoms with Gasteiger partial charge in [-0.2, -0.15) is 13.2 Å². The summed E-state index contributed by atoms with van der Waals surface area (Å²) < 4.78 is 31.7. The molecular formula is C22H24F3NO3. The number of carbonyl (C=O) groups is 1. The van der Waals surface area contributed by atoms with E-state index in [2.05, 4.69) is 29.2 Å². The molecule has 3 aliphatic rings. The molecule has 0 aliphatic carbocycles. The summed E-state index contributed by atoms with van der Waals surface area (Å²) in [6.45, 7) is 3.40. The zero-order valence-electron chi connectivity index (χ0n) is 15.8. The third-order valence-corrected chi connectivity index (χ3v) is 5.86. The molecule has 156 valence electrons. The maximum Gasteiger partial charge on any atom is 0.490 e. The first-order chi connectivity index (χ1) is 13.7. The summed E-state index contributed by atoms with van der Waals surface area (Å²) in [5, 5.41) is 19.0. The Morgan fingerprint density at radius 1 is 0.897 bits per heavy atom. The Bertz CT molecular complexity index is 764. The third kappa shape index (κ3) is 4.62. The number of carboxylic acid groups (broad SMARTS) is 1. The van der Waals surface area contributed by atoms with Gasteiger partial charge in [-0.15, -0.1) is 0 Å². The van der Waals surface area contributed by atoms with Gasteiger partial charge in [0, 0.05) is 12.5 Å². The van der Waals surface area contributed by atoms with Gasteiger partial charge in [-0.05, 0) is 43.0 Å². The average molecular weight is 407 g/mol. The maximum atomic E-state index is 11.9. The van der Waals surface area contributed by atoms with Crippen LogP contribution in [0.3, 0.4) is 0 Å². The number of nitrogens with zero attached hydrogens (tertiary/aromatic N) is 1. The van der Waals surface area contributed by atoms with Crippen LogP contribution in [0.5, 0.6) is 0 Å². The smallest absolute Gasteiger partial charge is 0.475 e. The van der Waals surface area contributed by atoms with Gasteiger partial charge in [0.15, 0.2) is 0 Å². The fourth-order valence-corrected chi connectivity index (χ4v) is 4.42. The molecule has 1 atom stereocenters. The minimum atomic E-state index is -5.08. The first-order valence-electron chi connectivity index (χ1n) is 9.59. The molecular weight excluding hydrogens is 383 g/mol. The summed E-state index contributed by atoms with van der Waals surface area (Å²) in [6, 6.07) is 20.5. The van der Waals surface area contributed by atoms with Crippen LogP contribution in [0.4, 0.5) is 13.2 Å². The van der Waals surface area contributed by atoms with Crippen molar-refractivity contribution in [3.8, 4) is 0 Å². The van der Waals surface area contributed by atoms with Crippen LogP contribution in [-0.4, -0.2) is 46.9 Å². The highest BCUT2D eigenvalue weighted by Gasteiger charge is 2.48. The van der Waals surface area contributed by atoms with Gasteiger partial charge in [0.05, 0.1) is 0 Å². The SMILES string of the molecule is O=C(O)C(F)(F)F.OC(c1ccccc1)(c1ccccc1)C1CN2CCC1CC2. The van der Waals surface area contributed by atoms with Crippen molar-refractivity contribution in [2.45, 2.75) is 24.6 Å². The van der Waals surface area contributed by atoms with Crippen LogP contribution in [0, 0.1) is 11.8 Å². The van der Waals surface area contributed by atoms with E-state index in [-0.39, 0.29) is 5.92 Å². The van der Waals surface area contributed by atoms with Crippen molar-refractivity contribution in [2.24, 2.45) is 11.8 Å². The molecule has 3 fully saturated rings. The number of aliphatic carboxylic acids is 1. The highest BCUT2D eigenvalue weighted by atomic mass is 19.4. The fourth-order valence-electron chi connectivity index (χ4n) is 4.42. The van der Waals surface area contributed by atoms with Gasteiger partial charge < -0.3 is 15.1 Å². The Hall–Kier alpha value is -2.38. The van der Waals surface area contributed by atoms with Gasteiger partial charge in [0.1, 0.15) is 5.60 Å². The van der Waals surface area contributed by atoms with Crippen LogP contribution < -0.4 is 0 Å². The largest absolute Gasteiger partial charge is 0.490 e. The van der Waals surface area contributed by atoms with Crippen molar-refractivity contribution >= 4 is 5.97 Å². The molecule has 3 heterocycles. The lowest BCUT2D eigenvalue weighted by Crippen LogP contribution is -2.55. The van der Waals surface area contributed by atoms with E-state index in [1.165, 1.54) is 25.9 Å². The quantitative estimate of drug-likeness (QED) is 0.810. The van der Waals surface area contributed by atoms with Crippen LogP contribution >= 0.6 is 0 Å². The summed E-state index contributed by atoms with van der Waals surface area (Å²) in [5.74, 6) is -1.86. The van der Waals surface area contributed by atoms with E-state index in [4.69, 9.17) is 9.90 Å². The lowest BCUT2D eigenvalue weighted by atomic mass is 9.65. The number of hydrogen-bond donors (Lipinski definition) is 2. The third-order valence-electron chi connectivity index (χ3n) is 5.86. The van der Waals surface area contributed by atoms with Crippen LogP contribution in [0.1, 0.15) is 24.0 Å². The second-order valence-corrected chi connectivity index (χ2v) is 7.55. The molecule has 3 aliphatic heterocycles. The topological polar surface area (TPSA) is 60.8 Å². The predicted octanol–water partition coefficient (Wildman–Crippen LogP) is 3.90. The summed E-state index contributed by atoms with van der Waals surface area (Å²) >= 11 is 0. The van der Waals surface area contributed by atoms with E-state index < -0.39 is 17.7 Å². The number of hydrogen-bond acceptors (Lipinski definition) is 3. The maximum absolute atomic E-state index is 11.9. The normalized spacial score (nSPS) is 23.8. The molecule has 2 bridgehead atoms. The van der Waals surface area contributed by atoms with Gasteiger partial charge in [0.25, 0.3) is 0 Å². The van der Waals surface area contributed by atoms with Gasteiger partial charge in [-0.25, -0.2) is 4.79 Å². The average Bonchev–Trinajstić information content (AvgIpc) is 2.75. The van der Waals surface area contributed by atoms with E-state index in [1.54, 1.807) is 0 Å². The first-order valence-corrected chi connectivity index (χ1v) is 9.59. The predicted molar refractivity (Wildman–Crippen MR) is 102 cm³/mol. The van der Waals surface area contributed by atoms with Crippen LogP contribution in [0.2, 0.25) is 0 Å². The standard InChI is InChI=1S/C20H23NO.C2HF3O2/c22-20(17-7-3-1-4-8-17,18-9-5-2-6-10-18)19-15-21-13-11-16(19)12-14-21;3-2(4,5)1(6)7/h1-10,16,19,22H,11-15H2;(H,6,7). The van der Waals surface area contributed by atoms with Crippen molar-refractivity contribution in [3.05, 3.63) is 71.8 Å². The number of fused-ring (bicyclic) bond motifs is 3. The number of halogens is 3. The van der Waals surface area contributed by atoms with Crippen molar-refractivity contribution in [1.29, 1.82) is 0 Å². The van der Waals surface area contributed by atoms with E-state index in [1.807, 2.05) is 36.4 Å². The van der Waals surface area contributed by atoms with Gasteiger partial charge in [-0.3, -0.25) is 0 Å². The monoisotopic (exact) mass is 407 g/mol. The van der Waals surface area contributed by atoms with Crippen LogP contribution in [0.25, 0.3) is 0 Å². The van der Waals surface area contributed by atoms with Crippen molar-refractivity contribution < 1.29 is 28.2 Å². The molecule has 7 heteroatoms. The van der Waals surface area contributed by atoms with E-state index in [9.17, 15) is 18.3 Å². The molecule has 1 unspecified atom stereocenters. The molecule has 0 saturated carbocycles. The number of piperidine rings is 3. The van der Waals surface area contributed by atoms with E-state index in [0.29, 0.717) is 5.92 Å². The van der Waals surface area contributed by atoms with Gasteiger partial charge in [0.2, 0.25) is 0 Å².